The number of rotatable bonds is 4. The molecule has 4 nitrogen and oxygen atoms in total. The lowest BCUT2D eigenvalue weighted by molar-refractivity contribution is 0.194. The molecule has 0 amide bonds. The lowest BCUT2D eigenvalue weighted by atomic mass is 9.99. The minimum atomic E-state index is 0.0688. The SMILES string of the molecule is CC1CCN(CCc2nc(C(=N)N)cs2)CC1. The molecule has 0 bridgehead atoms. The highest BCUT2D eigenvalue weighted by atomic mass is 32.1. The number of nitrogens with one attached hydrogen (secondary N) is 1. The van der Waals surface area contributed by atoms with E-state index >= 15 is 0 Å². The lowest BCUT2D eigenvalue weighted by Gasteiger charge is -2.29. The molecule has 1 aliphatic heterocycles. The Morgan fingerprint density at radius 2 is 2.29 bits per heavy atom. The number of likely N-dealkylation sites (tertiary alicyclic amines) is 1. The number of nitrogens with zero attached hydrogens (tertiary/aromatic N) is 2. The molecule has 1 aliphatic rings. The van der Waals surface area contributed by atoms with Crippen LogP contribution in [0.5, 0.6) is 0 Å². The van der Waals surface area contributed by atoms with Gasteiger partial charge in [-0.25, -0.2) is 4.98 Å². The second-order valence-corrected chi connectivity index (χ2v) is 5.76. The van der Waals surface area contributed by atoms with Crippen molar-refractivity contribution in [1.29, 1.82) is 5.41 Å². The summed E-state index contributed by atoms with van der Waals surface area (Å²) in [4.78, 5) is 6.86. The predicted molar refractivity (Wildman–Crippen MR) is 71.7 cm³/mol. The van der Waals surface area contributed by atoms with Gasteiger partial charge in [-0.3, -0.25) is 5.41 Å². The Kier molecular flexibility index (Phi) is 4.12. The topological polar surface area (TPSA) is 66.0 Å². The van der Waals surface area contributed by atoms with Crippen molar-refractivity contribution in [2.45, 2.75) is 26.2 Å². The molecule has 94 valence electrons. The molecule has 5 heteroatoms. The van der Waals surface area contributed by atoms with E-state index in [1.165, 1.54) is 25.9 Å². The first-order valence-electron chi connectivity index (χ1n) is 6.16. The molecule has 17 heavy (non-hydrogen) atoms. The van der Waals surface area contributed by atoms with Crippen LogP contribution in [0.3, 0.4) is 0 Å². The summed E-state index contributed by atoms with van der Waals surface area (Å²) in [6, 6.07) is 0. The number of hydrogen-bond acceptors (Lipinski definition) is 4. The summed E-state index contributed by atoms with van der Waals surface area (Å²) in [6.45, 7) is 5.84. The molecule has 0 saturated carbocycles. The molecule has 3 N–H and O–H groups in total. The van der Waals surface area contributed by atoms with Crippen molar-refractivity contribution < 1.29 is 0 Å². The number of nitrogen functional groups attached to an aromatic ring is 1. The Hall–Kier alpha value is -0.940. The maximum absolute atomic E-state index is 7.31. The molecule has 2 heterocycles. The standard InChI is InChI=1S/C12H20N4S/c1-9-2-5-16(6-3-9)7-4-11-15-10(8-17-11)12(13)14/h8-9H,2-7H2,1H3,(H3,13,14). The smallest absolute Gasteiger partial charge is 0.142 e. The Morgan fingerprint density at radius 1 is 1.59 bits per heavy atom. The first-order valence-corrected chi connectivity index (χ1v) is 7.04. The van der Waals surface area contributed by atoms with Crippen LogP contribution in [0.15, 0.2) is 5.38 Å². The molecule has 1 aromatic heterocycles. The molecular formula is C12H20N4S. The van der Waals surface area contributed by atoms with E-state index < -0.39 is 0 Å². The molecule has 1 aromatic rings. The molecule has 0 unspecified atom stereocenters. The third kappa shape index (κ3) is 3.51. The summed E-state index contributed by atoms with van der Waals surface area (Å²) in [5, 5.41) is 10.3. The number of nitrogens with two attached hydrogens (primary N) is 1. The van der Waals surface area contributed by atoms with Gasteiger partial charge in [-0.05, 0) is 31.8 Å². The van der Waals surface area contributed by atoms with Gasteiger partial charge in [0.05, 0.1) is 5.01 Å². The highest BCUT2D eigenvalue weighted by Crippen LogP contribution is 2.17. The predicted octanol–water partition coefficient (Wildman–Crippen LogP) is 1.70. The average Bonchev–Trinajstić information content (AvgIpc) is 2.77. The third-order valence-corrected chi connectivity index (χ3v) is 4.25. The first-order chi connectivity index (χ1) is 8.15. The van der Waals surface area contributed by atoms with Crippen LogP contribution >= 0.6 is 11.3 Å². The number of piperidine rings is 1. The van der Waals surface area contributed by atoms with Gasteiger partial charge in [-0.1, -0.05) is 6.92 Å². The molecular weight excluding hydrogens is 232 g/mol. The van der Waals surface area contributed by atoms with Gasteiger partial charge in [0, 0.05) is 18.3 Å². The minimum absolute atomic E-state index is 0.0688. The first kappa shape index (κ1) is 12.5. The third-order valence-electron chi connectivity index (χ3n) is 3.35. The summed E-state index contributed by atoms with van der Waals surface area (Å²) in [7, 11) is 0. The Labute approximate surface area is 106 Å². The van der Waals surface area contributed by atoms with Crippen LogP contribution in [0.4, 0.5) is 0 Å². The summed E-state index contributed by atoms with van der Waals surface area (Å²) < 4.78 is 0. The summed E-state index contributed by atoms with van der Waals surface area (Å²) in [5.41, 5.74) is 6.02. The van der Waals surface area contributed by atoms with Crippen LogP contribution in [0.2, 0.25) is 0 Å². The Morgan fingerprint density at radius 3 is 2.88 bits per heavy atom. The number of aromatic nitrogens is 1. The van der Waals surface area contributed by atoms with Crippen molar-refractivity contribution in [3.05, 3.63) is 16.1 Å². The van der Waals surface area contributed by atoms with Gasteiger partial charge < -0.3 is 10.6 Å². The number of thiazole rings is 1. The molecule has 0 radical (unpaired) electrons. The van der Waals surface area contributed by atoms with Crippen LogP contribution in [-0.4, -0.2) is 35.4 Å². The van der Waals surface area contributed by atoms with E-state index in [0.717, 1.165) is 23.9 Å². The van der Waals surface area contributed by atoms with E-state index in [4.69, 9.17) is 11.1 Å². The molecule has 0 aliphatic carbocycles. The molecule has 2 rings (SSSR count). The summed E-state index contributed by atoms with van der Waals surface area (Å²) in [6.07, 6.45) is 3.61. The van der Waals surface area contributed by atoms with Crippen molar-refractivity contribution in [3.63, 3.8) is 0 Å². The highest BCUT2D eigenvalue weighted by Gasteiger charge is 2.15. The van der Waals surface area contributed by atoms with Crippen molar-refractivity contribution >= 4 is 17.2 Å². The van der Waals surface area contributed by atoms with Gasteiger partial charge in [0.1, 0.15) is 11.5 Å². The maximum atomic E-state index is 7.31. The van der Waals surface area contributed by atoms with Crippen LogP contribution < -0.4 is 5.73 Å². The zero-order chi connectivity index (χ0) is 12.3. The van der Waals surface area contributed by atoms with Gasteiger partial charge in [-0.15, -0.1) is 11.3 Å². The van der Waals surface area contributed by atoms with Crippen LogP contribution in [0.1, 0.15) is 30.5 Å². The summed E-state index contributed by atoms with van der Waals surface area (Å²) in [5.74, 6) is 0.953. The molecule has 0 atom stereocenters. The van der Waals surface area contributed by atoms with Gasteiger partial charge in [0.25, 0.3) is 0 Å². The summed E-state index contributed by atoms with van der Waals surface area (Å²) >= 11 is 1.61. The average molecular weight is 252 g/mol. The molecule has 1 fully saturated rings. The van der Waals surface area contributed by atoms with Crippen LogP contribution in [0.25, 0.3) is 0 Å². The van der Waals surface area contributed by atoms with E-state index in [-0.39, 0.29) is 5.84 Å². The van der Waals surface area contributed by atoms with E-state index in [0.29, 0.717) is 5.69 Å². The number of hydrogen-bond donors (Lipinski definition) is 2. The molecule has 1 saturated heterocycles. The fraction of sp³-hybridized carbons (Fsp3) is 0.667. The highest BCUT2D eigenvalue weighted by molar-refractivity contribution is 7.09. The maximum Gasteiger partial charge on any atom is 0.142 e. The van der Waals surface area contributed by atoms with E-state index in [2.05, 4.69) is 16.8 Å². The second kappa shape index (κ2) is 5.60. The zero-order valence-corrected chi connectivity index (χ0v) is 11.1. The van der Waals surface area contributed by atoms with Crippen molar-refractivity contribution in [2.24, 2.45) is 11.7 Å². The Bertz CT molecular complexity index is 380. The van der Waals surface area contributed by atoms with E-state index in [1.807, 2.05) is 5.38 Å². The van der Waals surface area contributed by atoms with Gasteiger partial charge in [-0.2, -0.15) is 0 Å². The monoisotopic (exact) mass is 252 g/mol. The lowest BCUT2D eigenvalue weighted by Crippen LogP contribution is -2.34. The van der Waals surface area contributed by atoms with Gasteiger partial charge in [0.15, 0.2) is 0 Å². The second-order valence-electron chi connectivity index (χ2n) is 4.81. The van der Waals surface area contributed by atoms with E-state index in [1.54, 1.807) is 11.3 Å². The fourth-order valence-electron chi connectivity index (χ4n) is 2.09. The zero-order valence-electron chi connectivity index (χ0n) is 10.3. The van der Waals surface area contributed by atoms with Crippen molar-refractivity contribution in [1.82, 2.24) is 9.88 Å². The minimum Gasteiger partial charge on any atom is -0.382 e. The van der Waals surface area contributed by atoms with E-state index in [9.17, 15) is 0 Å². The van der Waals surface area contributed by atoms with Crippen molar-refractivity contribution in [2.75, 3.05) is 19.6 Å². The normalized spacial score (nSPS) is 18.4. The Balaban J connectivity index is 1.79. The largest absolute Gasteiger partial charge is 0.382 e. The quantitative estimate of drug-likeness (QED) is 0.633. The molecule has 0 spiro atoms. The van der Waals surface area contributed by atoms with Crippen molar-refractivity contribution in [3.8, 4) is 0 Å². The molecule has 0 aromatic carbocycles. The fourth-order valence-corrected chi connectivity index (χ4v) is 2.88. The number of amidine groups is 1. The van der Waals surface area contributed by atoms with Gasteiger partial charge >= 0.3 is 0 Å². The van der Waals surface area contributed by atoms with Crippen LogP contribution in [0, 0.1) is 11.3 Å². The van der Waals surface area contributed by atoms with Gasteiger partial charge in [0.2, 0.25) is 0 Å². The van der Waals surface area contributed by atoms with Crippen LogP contribution in [-0.2, 0) is 6.42 Å².